The molecule has 11 rings (SSSR count). The fraction of sp³-hybridized carbons (Fsp3) is 0.0426. The van der Waals surface area contributed by atoms with Crippen LogP contribution in [-0.4, -0.2) is 9.55 Å². The summed E-state index contributed by atoms with van der Waals surface area (Å²) < 4.78 is 5.31. The van der Waals surface area contributed by atoms with Crippen molar-refractivity contribution in [2.75, 3.05) is 0 Å². The monoisotopic (exact) mass is 654 g/mol. The molecule has 1 atom stereocenters. The molecule has 234 valence electrons. The summed E-state index contributed by atoms with van der Waals surface area (Å²) in [6.45, 7) is 0. The summed E-state index contributed by atoms with van der Waals surface area (Å²) in [7, 11) is 0. The largest absolute Gasteiger partial charge is 0.312 e. The van der Waals surface area contributed by atoms with Gasteiger partial charge in [-0.2, -0.15) is 0 Å². The van der Waals surface area contributed by atoms with Gasteiger partial charge in [0.05, 0.1) is 22.6 Å². The summed E-state index contributed by atoms with van der Waals surface area (Å²) in [5, 5.41) is 4.04. The maximum Gasteiger partial charge on any atom is 0.0715 e. The molecule has 0 saturated heterocycles. The fourth-order valence-electron chi connectivity index (χ4n) is 8.34. The van der Waals surface area contributed by atoms with Gasteiger partial charge in [0.2, 0.25) is 0 Å². The molecule has 6 aromatic carbocycles. The van der Waals surface area contributed by atoms with Crippen LogP contribution in [0.15, 0.2) is 158 Å². The van der Waals surface area contributed by atoms with E-state index in [0.717, 1.165) is 34.5 Å². The van der Waals surface area contributed by atoms with Crippen molar-refractivity contribution in [2.24, 2.45) is 0 Å². The number of hydrogen-bond acceptors (Lipinski definition) is 2. The van der Waals surface area contributed by atoms with Crippen LogP contribution < -0.4 is 0 Å². The summed E-state index contributed by atoms with van der Waals surface area (Å²) in [4.78, 5) is 5.11. The average molecular weight is 655 g/mol. The lowest BCUT2D eigenvalue weighted by Gasteiger charge is -2.15. The van der Waals surface area contributed by atoms with E-state index in [1.807, 2.05) is 11.3 Å². The molecule has 0 spiro atoms. The minimum atomic E-state index is 0.392. The highest BCUT2D eigenvalue weighted by Gasteiger charge is 2.35. The van der Waals surface area contributed by atoms with Crippen molar-refractivity contribution < 1.29 is 0 Å². The van der Waals surface area contributed by atoms with E-state index in [2.05, 4.69) is 168 Å². The van der Waals surface area contributed by atoms with Gasteiger partial charge in [-0.1, -0.05) is 115 Å². The standard InChI is InChI=1S/C47H30N2S/c1-3-11-29(12-4-1)41-25-34(26-42(48-41)30-13-5-2-6-14-30)32-16-9-15-31(23-32)33-21-22-43-38(24-33)36-18-10-19-37-39-28-46-40(27-44(39)49(43)47(36)37)35-17-7-8-20-45(35)50-46/h1-18,20-28,37H,19H2. The zero-order valence-electron chi connectivity index (χ0n) is 27.2. The summed E-state index contributed by atoms with van der Waals surface area (Å²) in [5.41, 5.74) is 15.9. The molecule has 0 bridgehead atoms. The van der Waals surface area contributed by atoms with Gasteiger partial charge in [-0.25, -0.2) is 4.98 Å². The molecule has 1 aliphatic carbocycles. The van der Waals surface area contributed by atoms with Crippen LogP contribution in [0.3, 0.4) is 0 Å². The summed E-state index contributed by atoms with van der Waals surface area (Å²) >= 11 is 1.91. The lowest BCUT2D eigenvalue weighted by atomic mass is 9.87. The molecule has 4 heterocycles. The second-order valence-corrected chi connectivity index (χ2v) is 14.6. The predicted octanol–water partition coefficient (Wildman–Crippen LogP) is 12.9. The summed E-state index contributed by atoms with van der Waals surface area (Å²) in [5.74, 6) is 0.392. The summed E-state index contributed by atoms with van der Waals surface area (Å²) in [6, 6.07) is 55.2. The van der Waals surface area contributed by atoms with Crippen molar-refractivity contribution in [1.29, 1.82) is 0 Å². The van der Waals surface area contributed by atoms with Crippen LogP contribution in [0.1, 0.15) is 29.2 Å². The quantitative estimate of drug-likeness (QED) is 0.185. The van der Waals surface area contributed by atoms with Crippen LogP contribution in [0.2, 0.25) is 0 Å². The normalized spacial score (nSPS) is 14.4. The molecule has 3 heteroatoms. The third-order valence-electron chi connectivity index (χ3n) is 10.7. The number of fused-ring (bicyclic) bond motifs is 9. The van der Waals surface area contributed by atoms with Crippen LogP contribution in [0, 0.1) is 0 Å². The van der Waals surface area contributed by atoms with Crippen molar-refractivity contribution in [3.8, 4) is 50.5 Å². The van der Waals surface area contributed by atoms with Gasteiger partial charge in [0, 0.05) is 53.9 Å². The van der Waals surface area contributed by atoms with Crippen molar-refractivity contribution in [2.45, 2.75) is 12.3 Å². The lowest BCUT2D eigenvalue weighted by molar-refractivity contribution is 0.821. The first-order valence-electron chi connectivity index (χ1n) is 17.3. The third kappa shape index (κ3) is 4.17. The van der Waals surface area contributed by atoms with Gasteiger partial charge < -0.3 is 4.57 Å². The number of hydrogen-bond donors (Lipinski definition) is 0. The first-order chi connectivity index (χ1) is 24.8. The van der Waals surface area contributed by atoms with Gasteiger partial charge in [-0.15, -0.1) is 11.3 Å². The van der Waals surface area contributed by atoms with Gasteiger partial charge in [0.25, 0.3) is 0 Å². The van der Waals surface area contributed by atoms with Gasteiger partial charge in [0.15, 0.2) is 0 Å². The Labute approximate surface area is 294 Å². The smallest absolute Gasteiger partial charge is 0.0715 e. The van der Waals surface area contributed by atoms with Gasteiger partial charge in [-0.05, 0) is 82.8 Å². The third-order valence-corrected chi connectivity index (χ3v) is 11.8. The first kappa shape index (κ1) is 27.9. The van der Waals surface area contributed by atoms with Crippen molar-refractivity contribution in [3.63, 3.8) is 0 Å². The van der Waals surface area contributed by atoms with Crippen molar-refractivity contribution in [3.05, 3.63) is 175 Å². The van der Waals surface area contributed by atoms with Crippen molar-refractivity contribution in [1.82, 2.24) is 9.55 Å². The van der Waals surface area contributed by atoms with E-state index in [4.69, 9.17) is 4.98 Å². The van der Waals surface area contributed by atoms with Crippen LogP contribution in [0.25, 0.3) is 87.6 Å². The maximum atomic E-state index is 5.11. The zero-order chi connectivity index (χ0) is 32.8. The molecular weight excluding hydrogens is 625 g/mol. The van der Waals surface area contributed by atoms with Gasteiger partial charge in [-0.3, -0.25) is 0 Å². The van der Waals surface area contributed by atoms with Crippen LogP contribution in [0.4, 0.5) is 0 Å². The number of rotatable bonds is 4. The number of pyridine rings is 1. The minimum Gasteiger partial charge on any atom is -0.312 e. The molecule has 0 N–H and O–H groups in total. The molecule has 0 radical (unpaired) electrons. The Kier molecular flexibility index (Phi) is 5.98. The predicted molar refractivity (Wildman–Crippen MR) is 211 cm³/mol. The molecule has 50 heavy (non-hydrogen) atoms. The fourth-order valence-corrected chi connectivity index (χ4v) is 9.47. The Balaban J connectivity index is 1.05. The Hall–Kier alpha value is -6.03. The van der Waals surface area contributed by atoms with Gasteiger partial charge >= 0.3 is 0 Å². The van der Waals surface area contributed by atoms with E-state index in [0.29, 0.717) is 5.92 Å². The van der Waals surface area contributed by atoms with E-state index in [9.17, 15) is 0 Å². The Morgan fingerprint density at radius 1 is 0.520 bits per heavy atom. The highest BCUT2D eigenvalue weighted by atomic mass is 32.1. The highest BCUT2D eigenvalue weighted by Crippen LogP contribution is 2.51. The zero-order valence-corrected chi connectivity index (χ0v) is 28.0. The second-order valence-electron chi connectivity index (χ2n) is 13.5. The Morgan fingerprint density at radius 2 is 1.20 bits per heavy atom. The first-order valence-corrected chi connectivity index (χ1v) is 18.1. The lowest BCUT2D eigenvalue weighted by Crippen LogP contribution is -2.00. The van der Waals surface area contributed by atoms with E-state index in [1.165, 1.54) is 70.3 Å². The number of aromatic nitrogens is 2. The second kappa shape index (κ2) is 10.7. The molecule has 9 aromatic rings. The van der Waals surface area contributed by atoms with Crippen LogP contribution in [0.5, 0.6) is 0 Å². The van der Waals surface area contributed by atoms with Gasteiger partial charge in [0.1, 0.15) is 0 Å². The Bertz CT molecular complexity index is 2780. The summed E-state index contributed by atoms with van der Waals surface area (Å²) in [6.07, 6.45) is 5.79. The average Bonchev–Trinajstić information content (AvgIpc) is 3.84. The SMILES string of the molecule is C1=Cc2c3n(c4ccc(-c5cccc(-c6cc(-c7ccccc7)nc(-c7ccccc7)c6)c5)cc24)-c2cc4c(cc2C3C1)sc1ccccc14. The van der Waals surface area contributed by atoms with E-state index >= 15 is 0 Å². The maximum absolute atomic E-state index is 5.11. The molecule has 2 aliphatic rings. The van der Waals surface area contributed by atoms with Crippen LogP contribution >= 0.6 is 11.3 Å². The topological polar surface area (TPSA) is 17.8 Å². The van der Waals surface area contributed by atoms with E-state index in [1.54, 1.807) is 0 Å². The molecule has 3 aromatic heterocycles. The number of thiophene rings is 1. The molecule has 2 nitrogen and oxygen atoms in total. The van der Waals surface area contributed by atoms with E-state index < -0.39 is 0 Å². The molecule has 0 amide bonds. The molecule has 1 unspecified atom stereocenters. The molecule has 0 fully saturated rings. The Morgan fingerprint density at radius 3 is 1.98 bits per heavy atom. The number of allylic oxidation sites excluding steroid dienone is 1. The highest BCUT2D eigenvalue weighted by molar-refractivity contribution is 7.25. The van der Waals surface area contributed by atoms with Crippen molar-refractivity contribution >= 4 is 48.5 Å². The number of benzene rings is 6. The molecule has 0 saturated carbocycles. The number of nitrogens with zero attached hydrogens (tertiary/aromatic N) is 2. The molecule has 1 aliphatic heterocycles. The minimum absolute atomic E-state index is 0.392. The van der Waals surface area contributed by atoms with Crippen LogP contribution in [-0.2, 0) is 0 Å². The molecular formula is C47H30N2S. The van der Waals surface area contributed by atoms with E-state index in [-0.39, 0.29) is 0 Å².